The van der Waals surface area contributed by atoms with Gasteiger partial charge in [0.1, 0.15) is 23.1 Å². The number of amides is 1. The van der Waals surface area contributed by atoms with Gasteiger partial charge in [0.2, 0.25) is 5.88 Å². The number of hydrogen-bond acceptors (Lipinski definition) is 5. The number of methoxy groups -OCH3 is 1. The second-order valence-electron chi connectivity index (χ2n) is 6.13. The smallest absolute Gasteiger partial charge is 0.256 e. The summed E-state index contributed by atoms with van der Waals surface area (Å²) in [5.74, 6) is 0.931. The molecule has 29 heavy (non-hydrogen) atoms. The van der Waals surface area contributed by atoms with E-state index >= 15 is 0 Å². The Morgan fingerprint density at radius 3 is 2.48 bits per heavy atom. The molecule has 0 atom stereocenters. The lowest BCUT2D eigenvalue weighted by Crippen LogP contribution is -2.12. The summed E-state index contributed by atoms with van der Waals surface area (Å²) in [5, 5.41) is 3.52. The van der Waals surface area contributed by atoms with Crippen LogP contribution in [0.3, 0.4) is 0 Å². The molecule has 2 heterocycles. The molecule has 7 heteroatoms. The molecule has 0 spiro atoms. The van der Waals surface area contributed by atoms with Gasteiger partial charge in [-0.2, -0.15) is 4.98 Å². The monoisotopic (exact) mass is 389 g/mol. The minimum atomic E-state index is -0.398. The zero-order valence-electron chi connectivity index (χ0n) is 15.4. The zero-order chi connectivity index (χ0) is 20.2. The van der Waals surface area contributed by atoms with Crippen molar-refractivity contribution < 1.29 is 18.7 Å². The minimum absolute atomic E-state index is 0.272. The molecule has 0 radical (unpaired) electrons. The largest absolute Gasteiger partial charge is 0.497 e. The maximum absolute atomic E-state index is 13.3. The van der Waals surface area contributed by atoms with Crippen molar-refractivity contribution in [3.8, 4) is 17.4 Å². The zero-order valence-corrected chi connectivity index (χ0v) is 15.4. The molecule has 2 aromatic heterocycles. The van der Waals surface area contributed by atoms with Gasteiger partial charge in [0.05, 0.1) is 7.11 Å². The Bertz CT molecular complexity index is 1180. The van der Waals surface area contributed by atoms with Crippen molar-refractivity contribution in [2.24, 2.45) is 0 Å². The number of nitrogens with one attached hydrogen (secondary N) is 1. The predicted octanol–water partition coefficient (Wildman–Crippen LogP) is 4.82. The maximum atomic E-state index is 13.3. The van der Waals surface area contributed by atoms with E-state index in [4.69, 9.17) is 9.47 Å². The molecule has 1 N–H and O–H groups in total. The number of pyridine rings is 2. The third-order valence-electron chi connectivity index (χ3n) is 4.14. The van der Waals surface area contributed by atoms with Gasteiger partial charge in [-0.15, -0.1) is 0 Å². The first-order valence-electron chi connectivity index (χ1n) is 8.77. The summed E-state index contributed by atoms with van der Waals surface area (Å²) in [7, 11) is 1.56. The van der Waals surface area contributed by atoms with Crippen molar-refractivity contribution in [2.75, 3.05) is 12.4 Å². The molecule has 0 bridgehead atoms. The van der Waals surface area contributed by atoms with Gasteiger partial charge in [-0.3, -0.25) is 4.79 Å². The fourth-order valence-corrected chi connectivity index (χ4v) is 2.69. The van der Waals surface area contributed by atoms with E-state index in [2.05, 4.69) is 15.3 Å². The van der Waals surface area contributed by atoms with Crippen LogP contribution in [0.2, 0.25) is 0 Å². The SMILES string of the molecule is COc1ccc(C(=O)Nc2ccc3ccc(Oc4cccc(F)c4)nc3n2)cc1. The van der Waals surface area contributed by atoms with Crippen LogP contribution in [0.5, 0.6) is 17.4 Å². The van der Waals surface area contributed by atoms with Crippen LogP contribution in [0, 0.1) is 5.82 Å². The third-order valence-corrected chi connectivity index (χ3v) is 4.14. The van der Waals surface area contributed by atoms with Crippen LogP contribution in [0.15, 0.2) is 72.8 Å². The fraction of sp³-hybridized carbons (Fsp3) is 0.0455. The molecular weight excluding hydrogens is 373 g/mol. The summed E-state index contributed by atoms with van der Waals surface area (Å²) in [6.45, 7) is 0. The Labute approximate surface area is 166 Å². The van der Waals surface area contributed by atoms with Crippen LogP contribution in [0.4, 0.5) is 10.2 Å². The van der Waals surface area contributed by atoms with Crippen molar-refractivity contribution in [1.29, 1.82) is 0 Å². The van der Waals surface area contributed by atoms with E-state index in [9.17, 15) is 9.18 Å². The second kappa shape index (κ2) is 7.93. The Kier molecular flexibility index (Phi) is 5.03. The summed E-state index contributed by atoms with van der Waals surface area (Å²) >= 11 is 0. The first kappa shape index (κ1) is 18.4. The summed E-state index contributed by atoms with van der Waals surface area (Å²) in [5.41, 5.74) is 0.871. The van der Waals surface area contributed by atoms with E-state index in [1.807, 2.05) is 0 Å². The van der Waals surface area contributed by atoms with Gasteiger partial charge >= 0.3 is 0 Å². The van der Waals surface area contributed by atoms with Gasteiger partial charge in [0.15, 0.2) is 5.65 Å². The van der Waals surface area contributed by atoms with E-state index in [0.717, 1.165) is 5.39 Å². The van der Waals surface area contributed by atoms with E-state index in [1.165, 1.54) is 12.1 Å². The molecule has 6 nitrogen and oxygen atoms in total. The van der Waals surface area contributed by atoms with E-state index in [-0.39, 0.29) is 11.8 Å². The van der Waals surface area contributed by atoms with E-state index < -0.39 is 5.82 Å². The molecule has 2 aromatic carbocycles. The van der Waals surface area contributed by atoms with Crippen LogP contribution >= 0.6 is 0 Å². The van der Waals surface area contributed by atoms with Crippen molar-refractivity contribution >= 4 is 22.8 Å². The van der Waals surface area contributed by atoms with Crippen LogP contribution in [-0.4, -0.2) is 23.0 Å². The summed E-state index contributed by atoms with van der Waals surface area (Å²) in [6, 6.07) is 19.5. The first-order chi connectivity index (χ1) is 14.1. The Morgan fingerprint density at radius 1 is 0.931 bits per heavy atom. The van der Waals surface area contributed by atoms with Gasteiger partial charge in [0.25, 0.3) is 5.91 Å². The fourth-order valence-electron chi connectivity index (χ4n) is 2.69. The molecule has 0 saturated heterocycles. The quantitative estimate of drug-likeness (QED) is 0.530. The molecule has 0 aliphatic rings. The first-order valence-corrected chi connectivity index (χ1v) is 8.77. The Hall–Kier alpha value is -4.00. The van der Waals surface area contributed by atoms with Crippen molar-refractivity contribution in [3.05, 3.63) is 84.2 Å². The van der Waals surface area contributed by atoms with Crippen LogP contribution in [0.25, 0.3) is 11.0 Å². The Balaban J connectivity index is 1.55. The molecule has 0 saturated carbocycles. The highest BCUT2D eigenvalue weighted by Crippen LogP contribution is 2.23. The molecule has 4 rings (SSSR count). The number of nitrogens with zero attached hydrogens (tertiary/aromatic N) is 2. The number of carbonyl (C=O) groups is 1. The molecule has 144 valence electrons. The van der Waals surface area contributed by atoms with Gasteiger partial charge in [-0.25, -0.2) is 9.37 Å². The average Bonchev–Trinajstić information content (AvgIpc) is 2.73. The molecule has 0 unspecified atom stereocenters. The van der Waals surface area contributed by atoms with E-state index in [1.54, 1.807) is 67.8 Å². The van der Waals surface area contributed by atoms with Gasteiger partial charge in [-0.05, 0) is 54.6 Å². The highest BCUT2D eigenvalue weighted by Gasteiger charge is 2.09. The number of aromatic nitrogens is 2. The lowest BCUT2D eigenvalue weighted by molar-refractivity contribution is 0.102. The molecule has 4 aromatic rings. The number of carbonyl (C=O) groups excluding carboxylic acids is 1. The van der Waals surface area contributed by atoms with Crippen molar-refractivity contribution in [1.82, 2.24) is 9.97 Å². The summed E-state index contributed by atoms with van der Waals surface area (Å²) in [4.78, 5) is 21.1. The van der Waals surface area contributed by atoms with Crippen molar-refractivity contribution in [2.45, 2.75) is 0 Å². The summed E-state index contributed by atoms with van der Waals surface area (Å²) < 4.78 is 24.0. The number of halogens is 1. The highest BCUT2D eigenvalue weighted by molar-refractivity contribution is 6.04. The molecular formula is C22H16FN3O3. The topological polar surface area (TPSA) is 73.3 Å². The third kappa shape index (κ3) is 4.30. The molecule has 0 fully saturated rings. The number of anilines is 1. The average molecular weight is 389 g/mol. The van der Waals surface area contributed by atoms with Crippen molar-refractivity contribution in [3.63, 3.8) is 0 Å². The minimum Gasteiger partial charge on any atom is -0.497 e. The number of ether oxygens (including phenoxy) is 2. The summed E-state index contributed by atoms with van der Waals surface area (Å²) in [6.07, 6.45) is 0. The van der Waals surface area contributed by atoms with E-state index in [0.29, 0.717) is 28.5 Å². The molecule has 0 aliphatic heterocycles. The molecule has 1 amide bonds. The van der Waals surface area contributed by atoms with Gasteiger partial charge < -0.3 is 14.8 Å². The number of fused-ring (bicyclic) bond motifs is 1. The molecule has 0 aliphatic carbocycles. The Morgan fingerprint density at radius 2 is 1.72 bits per heavy atom. The van der Waals surface area contributed by atoms with Gasteiger partial charge in [0, 0.05) is 23.1 Å². The normalized spacial score (nSPS) is 10.6. The van der Waals surface area contributed by atoms with Crippen LogP contribution in [-0.2, 0) is 0 Å². The van der Waals surface area contributed by atoms with Crippen LogP contribution in [0.1, 0.15) is 10.4 Å². The maximum Gasteiger partial charge on any atom is 0.256 e. The number of benzene rings is 2. The lowest BCUT2D eigenvalue weighted by atomic mass is 10.2. The number of hydrogen-bond donors (Lipinski definition) is 1. The number of rotatable bonds is 5. The predicted molar refractivity (Wildman–Crippen MR) is 107 cm³/mol. The standard InChI is InChI=1S/C22H16FN3O3/c1-28-17-9-5-15(6-10-17)22(27)25-19-11-7-14-8-12-20(26-21(14)24-19)29-18-4-2-3-16(23)13-18/h2-13H,1H3,(H,24,25,26,27). The lowest BCUT2D eigenvalue weighted by Gasteiger charge is -2.08. The second-order valence-corrected chi connectivity index (χ2v) is 6.13. The van der Waals surface area contributed by atoms with Gasteiger partial charge in [-0.1, -0.05) is 6.07 Å². The highest BCUT2D eigenvalue weighted by atomic mass is 19.1. The van der Waals surface area contributed by atoms with Crippen LogP contribution < -0.4 is 14.8 Å².